The van der Waals surface area contributed by atoms with Crippen LogP contribution >= 0.6 is 0 Å². The molecule has 1 aromatic rings. The van der Waals surface area contributed by atoms with Crippen LogP contribution in [0.25, 0.3) is 0 Å². The van der Waals surface area contributed by atoms with Crippen molar-refractivity contribution in [2.45, 2.75) is 33.2 Å². The molecule has 3 nitrogen and oxygen atoms in total. The highest BCUT2D eigenvalue weighted by Crippen LogP contribution is 2.15. The standard InChI is InChI=1S/C12H17NO2/c1-4-5-11-10(12(14)15)6-7-13(11)8-9(2)3/h6-7H,2,4-5,8H2,1,3H3,(H,14,15). The minimum atomic E-state index is -0.848. The number of aromatic carboxylic acids is 1. The number of hydrogen-bond acceptors (Lipinski definition) is 1. The van der Waals surface area contributed by atoms with Crippen molar-refractivity contribution in [2.24, 2.45) is 0 Å². The summed E-state index contributed by atoms with van der Waals surface area (Å²) in [5.41, 5.74) is 2.34. The Morgan fingerprint density at radius 3 is 2.73 bits per heavy atom. The molecule has 0 atom stereocenters. The van der Waals surface area contributed by atoms with Gasteiger partial charge in [0.25, 0.3) is 0 Å². The number of allylic oxidation sites excluding steroid dienone is 1. The van der Waals surface area contributed by atoms with Gasteiger partial charge < -0.3 is 9.67 Å². The molecule has 1 N–H and O–H groups in total. The zero-order chi connectivity index (χ0) is 11.4. The molecule has 0 fully saturated rings. The fourth-order valence-electron chi connectivity index (χ4n) is 1.65. The van der Waals surface area contributed by atoms with Crippen molar-refractivity contribution in [3.63, 3.8) is 0 Å². The van der Waals surface area contributed by atoms with Crippen molar-refractivity contribution in [1.29, 1.82) is 0 Å². The van der Waals surface area contributed by atoms with E-state index in [-0.39, 0.29) is 0 Å². The molecule has 0 amide bonds. The van der Waals surface area contributed by atoms with Crippen LogP contribution in [0.4, 0.5) is 0 Å². The van der Waals surface area contributed by atoms with E-state index >= 15 is 0 Å². The Balaban J connectivity index is 3.05. The Kier molecular flexibility index (Phi) is 3.72. The highest BCUT2D eigenvalue weighted by Gasteiger charge is 2.13. The second-order valence-corrected chi connectivity index (χ2v) is 3.82. The summed E-state index contributed by atoms with van der Waals surface area (Å²) in [6.45, 7) is 8.52. The third-order valence-electron chi connectivity index (χ3n) is 2.24. The van der Waals surface area contributed by atoms with Gasteiger partial charge in [0.05, 0.1) is 5.56 Å². The zero-order valence-electron chi connectivity index (χ0n) is 9.29. The number of hydrogen-bond donors (Lipinski definition) is 1. The molecule has 0 saturated heterocycles. The highest BCUT2D eigenvalue weighted by molar-refractivity contribution is 5.89. The van der Waals surface area contributed by atoms with Crippen molar-refractivity contribution < 1.29 is 9.90 Å². The number of carboxylic acid groups (broad SMARTS) is 1. The van der Waals surface area contributed by atoms with Gasteiger partial charge in [0.1, 0.15) is 0 Å². The maximum atomic E-state index is 11.0. The predicted octanol–water partition coefficient (Wildman–Crippen LogP) is 2.71. The molecule has 0 radical (unpaired) electrons. The topological polar surface area (TPSA) is 42.2 Å². The van der Waals surface area contributed by atoms with E-state index in [1.807, 2.05) is 24.6 Å². The van der Waals surface area contributed by atoms with E-state index in [2.05, 4.69) is 6.58 Å². The van der Waals surface area contributed by atoms with E-state index in [0.717, 1.165) is 24.1 Å². The van der Waals surface area contributed by atoms with Gasteiger partial charge in [0.2, 0.25) is 0 Å². The molecule has 1 heterocycles. The molecule has 0 aliphatic carbocycles. The van der Waals surface area contributed by atoms with Crippen molar-refractivity contribution in [3.05, 3.63) is 35.7 Å². The SMILES string of the molecule is C=C(C)Cn1ccc(C(=O)O)c1CCC. The lowest BCUT2D eigenvalue weighted by Crippen LogP contribution is -2.07. The van der Waals surface area contributed by atoms with Crippen molar-refractivity contribution in [2.75, 3.05) is 0 Å². The zero-order valence-corrected chi connectivity index (χ0v) is 9.29. The van der Waals surface area contributed by atoms with Gasteiger partial charge in [-0.2, -0.15) is 0 Å². The smallest absolute Gasteiger partial charge is 0.337 e. The maximum absolute atomic E-state index is 11.0. The van der Waals surface area contributed by atoms with Gasteiger partial charge in [-0.25, -0.2) is 4.79 Å². The van der Waals surface area contributed by atoms with Gasteiger partial charge in [0.15, 0.2) is 0 Å². The Morgan fingerprint density at radius 1 is 1.60 bits per heavy atom. The molecule has 0 aromatic carbocycles. The summed E-state index contributed by atoms with van der Waals surface area (Å²) in [7, 11) is 0. The molecule has 0 saturated carbocycles. The summed E-state index contributed by atoms with van der Waals surface area (Å²) in [5, 5.41) is 9.00. The predicted molar refractivity (Wildman–Crippen MR) is 60.2 cm³/mol. The van der Waals surface area contributed by atoms with Gasteiger partial charge in [-0.1, -0.05) is 25.5 Å². The molecular formula is C12H17NO2. The quantitative estimate of drug-likeness (QED) is 0.754. The summed E-state index contributed by atoms with van der Waals surface area (Å²) in [5.74, 6) is -0.848. The molecule has 1 rings (SSSR count). The van der Waals surface area contributed by atoms with E-state index < -0.39 is 5.97 Å². The van der Waals surface area contributed by atoms with Gasteiger partial charge in [-0.15, -0.1) is 0 Å². The molecule has 82 valence electrons. The first-order valence-electron chi connectivity index (χ1n) is 5.12. The van der Waals surface area contributed by atoms with E-state index in [1.165, 1.54) is 0 Å². The molecule has 0 bridgehead atoms. The van der Waals surface area contributed by atoms with Crippen molar-refractivity contribution >= 4 is 5.97 Å². The molecule has 15 heavy (non-hydrogen) atoms. The molecule has 0 spiro atoms. The van der Waals surface area contributed by atoms with Crippen molar-refractivity contribution in [1.82, 2.24) is 4.57 Å². The van der Waals surface area contributed by atoms with E-state index in [1.54, 1.807) is 6.07 Å². The minimum Gasteiger partial charge on any atom is -0.478 e. The van der Waals surface area contributed by atoms with Crippen LogP contribution in [0, 0.1) is 0 Å². The van der Waals surface area contributed by atoms with Crippen LogP contribution in [-0.2, 0) is 13.0 Å². The lowest BCUT2D eigenvalue weighted by atomic mass is 10.1. The Morgan fingerprint density at radius 2 is 2.27 bits per heavy atom. The first-order valence-corrected chi connectivity index (χ1v) is 5.12. The average Bonchev–Trinajstić information content (AvgIpc) is 2.48. The first-order chi connectivity index (χ1) is 7.06. The average molecular weight is 207 g/mol. The molecule has 3 heteroatoms. The monoisotopic (exact) mass is 207 g/mol. The van der Waals surface area contributed by atoms with E-state index in [4.69, 9.17) is 5.11 Å². The van der Waals surface area contributed by atoms with Gasteiger partial charge >= 0.3 is 5.97 Å². The largest absolute Gasteiger partial charge is 0.478 e. The molecule has 0 aliphatic heterocycles. The van der Waals surface area contributed by atoms with Crippen LogP contribution in [0.15, 0.2) is 24.4 Å². The third-order valence-corrected chi connectivity index (χ3v) is 2.24. The van der Waals surface area contributed by atoms with Crippen molar-refractivity contribution in [3.8, 4) is 0 Å². The molecule has 0 aliphatic rings. The fourth-order valence-corrected chi connectivity index (χ4v) is 1.65. The number of carbonyl (C=O) groups is 1. The van der Waals surface area contributed by atoms with Crippen LogP contribution in [-0.4, -0.2) is 15.6 Å². The molecule has 0 unspecified atom stereocenters. The lowest BCUT2D eigenvalue weighted by molar-refractivity contribution is 0.0695. The van der Waals surface area contributed by atoms with Crippen LogP contribution in [0.5, 0.6) is 0 Å². The maximum Gasteiger partial charge on any atom is 0.337 e. The van der Waals surface area contributed by atoms with Crippen LogP contribution < -0.4 is 0 Å². The first kappa shape index (κ1) is 11.6. The second-order valence-electron chi connectivity index (χ2n) is 3.82. The Bertz CT molecular complexity index is 377. The lowest BCUT2D eigenvalue weighted by Gasteiger charge is -2.09. The molecular weight excluding hydrogens is 190 g/mol. The summed E-state index contributed by atoms with van der Waals surface area (Å²) in [6.07, 6.45) is 3.56. The van der Waals surface area contributed by atoms with Gasteiger partial charge in [0, 0.05) is 18.4 Å². The highest BCUT2D eigenvalue weighted by atomic mass is 16.4. The summed E-state index contributed by atoms with van der Waals surface area (Å²) in [4.78, 5) is 11.0. The summed E-state index contributed by atoms with van der Waals surface area (Å²) >= 11 is 0. The summed E-state index contributed by atoms with van der Waals surface area (Å²) < 4.78 is 1.97. The van der Waals surface area contributed by atoms with E-state index in [9.17, 15) is 4.79 Å². The number of nitrogens with zero attached hydrogens (tertiary/aromatic N) is 1. The number of carboxylic acids is 1. The third kappa shape index (κ3) is 2.72. The Labute approximate surface area is 90.0 Å². The van der Waals surface area contributed by atoms with Gasteiger partial charge in [-0.3, -0.25) is 0 Å². The number of rotatable bonds is 5. The number of aromatic nitrogens is 1. The van der Waals surface area contributed by atoms with E-state index in [0.29, 0.717) is 12.1 Å². The second kappa shape index (κ2) is 4.82. The molecule has 1 aromatic heterocycles. The van der Waals surface area contributed by atoms with Gasteiger partial charge in [-0.05, 0) is 19.4 Å². The minimum absolute atomic E-state index is 0.415. The normalized spacial score (nSPS) is 10.3. The summed E-state index contributed by atoms with van der Waals surface area (Å²) in [6, 6.07) is 1.66. The Hall–Kier alpha value is -1.51. The van der Waals surface area contributed by atoms with Crippen LogP contribution in [0.3, 0.4) is 0 Å². The van der Waals surface area contributed by atoms with Crippen LogP contribution in [0.1, 0.15) is 36.3 Å². The fraction of sp³-hybridized carbons (Fsp3) is 0.417. The van der Waals surface area contributed by atoms with Crippen LogP contribution in [0.2, 0.25) is 0 Å².